The van der Waals surface area contributed by atoms with Crippen LogP contribution in [0.5, 0.6) is 0 Å². The van der Waals surface area contributed by atoms with Gasteiger partial charge in [-0.15, -0.1) is 11.3 Å². The highest BCUT2D eigenvalue weighted by Gasteiger charge is 2.52. The van der Waals surface area contributed by atoms with Gasteiger partial charge in [-0.05, 0) is 37.8 Å². The Labute approximate surface area is 139 Å². The molecule has 0 unspecified atom stereocenters. The summed E-state index contributed by atoms with van der Waals surface area (Å²) in [7, 11) is 0. The zero-order valence-electron chi connectivity index (χ0n) is 13.4. The number of hydrogen-bond acceptors (Lipinski definition) is 4. The zero-order chi connectivity index (χ0) is 16.6. The molecule has 1 aromatic rings. The molecule has 1 saturated carbocycles. The lowest BCUT2D eigenvalue weighted by Crippen LogP contribution is -2.50. The maximum Gasteiger partial charge on any atom is 0.344 e. The van der Waals surface area contributed by atoms with Gasteiger partial charge in [0, 0.05) is 4.88 Å². The highest BCUT2D eigenvalue weighted by Crippen LogP contribution is 2.33. The third kappa shape index (κ3) is 2.73. The Bertz CT molecular complexity index is 662. The third-order valence-electron chi connectivity index (χ3n) is 4.71. The van der Waals surface area contributed by atoms with Gasteiger partial charge in [0.2, 0.25) is 0 Å². The van der Waals surface area contributed by atoms with E-state index in [-0.39, 0.29) is 5.91 Å². The normalized spacial score (nSPS) is 20.0. The van der Waals surface area contributed by atoms with Gasteiger partial charge in [0.05, 0.1) is 4.88 Å². The topological polar surface area (TPSA) is 78.5 Å². The first-order valence-corrected chi connectivity index (χ1v) is 8.85. The molecule has 0 atom stereocenters. The largest absolute Gasteiger partial charge is 0.344 e. The Kier molecular flexibility index (Phi) is 4.14. The second-order valence-electron chi connectivity index (χ2n) is 6.20. The van der Waals surface area contributed by atoms with E-state index in [0.29, 0.717) is 17.7 Å². The van der Waals surface area contributed by atoms with Crippen molar-refractivity contribution in [1.29, 1.82) is 0 Å². The van der Waals surface area contributed by atoms with Crippen molar-refractivity contribution in [2.75, 3.05) is 0 Å². The van der Waals surface area contributed by atoms with E-state index in [1.165, 1.54) is 11.3 Å². The van der Waals surface area contributed by atoms with Crippen LogP contribution in [0.4, 0.5) is 4.79 Å². The van der Waals surface area contributed by atoms with Crippen LogP contribution >= 0.6 is 11.3 Å². The number of nitrogens with zero attached hydrogens (tertiary/aromatic N) is 1. The van der Waals surface area contributed by atoms with E-state index in [1.54, 1.807) is 0 Å². The van der Waals surface area contributed by atoms with Crippen molar-refractivity contribution in [3.05, 3.63) is 21.4 Å². The van der Waals surface area contributed by atoms with Crippen molar-refractivity contribution in [2.24, 2.45) is 0 Å². The van der Waals surface area contributed by atoms with Crippen LogP contribution in [0.1, 0.15) is 59.1 Å². The molecule has 2 N–H and O–H groups in total. The average Bonchev–Trinajstić information content (AvgIpc) is 3.02. The first-order valence-electron chi connectivity index (χ1n) is 8.04. The first kappa shape index (κ1) is 16.0. The number of carbonyl (C=O) groups is 3. The van der Waals surface area contributed by atoms with Crippen molar-refractivity contribution in [1.82, 2.24) is 15.8 Å². The van der Waals surface area contributed by atoms with Gasteiger partial charge in [-0.3, -0.25) is 15.0 Å². The van der Waals surface area contributed by atoms with Gasteiger partial charge in [-0.1, -0.05) is 26.2 Å². The minimum Gasteiger partial charge on any atom is -0.322 e. The van der Waals surface area contributed by atoms with Gasteiger partial charge in [-0.25, -0.2) is 4.79 Å². The molecule has 2 heterocycles. The Balaban J connectivity index is 1.75. The Morgan fingerprint density at radius 1 is 1.35 bits per heavy atom. The summed E-state index contributed by atoms with van der Waals surface area (Å²) in [5, 5.41) is 3.64. The lowest BCUT2D eigenvalue weighted by Gasteiger charge is -2.30. The molecule has 0 bridgehead atoms. The van der Waals surface area contributed by atoms with Gasteiger partial charge in [-0.2, -0.15) is 5.01 Å². The molecule has 124 valence electrons. The van der Waals surface area contributed by atoms with Crippen LogP contribution in [-0.4, -0.2) is 28.4 Å². The summed E-state index contributed by atoms with van der Waals surface area (Å²) < 4.78 is 0. The molecule has 0 radical (unpaired) electrons. The number of hydrazine groups is 1. The molecule has 2 fully saturated rings. The van der Waals surface area contributed by atoms with Gasteiger partial charge in [0.15, 0.2) is 0 Å². The Morgan fingerprint density at radius 3 is 2.65 bits per heavy atom. The van der Waals surface area contributed by atoms with Crippen LogP contribution in [0.25, 0.3) is 0 Å². The lowest BCUT2D eigenvalue weighted by molar-refractivity contribution is -0.134. The smallest absolute Gasteiger partial charge is 0.322 e. The molecule has 23 heavy (non-hydrogen) atoms. The molecule has 6 nitrogen and oxygen atoms in total. The number of urea groups is 1. The van der Waals surface area contributed by atoms with Crippen molar-refractivity contribution in [3.63, 3.8) is 0 Å². The van der Waals surface area contributed by atoms with Crippen LogP contribution in [0.3, 0.4) is 0 Å². The molecule has 1 spiro atoms. The van der Waals surface area contributed by atoms with Crippen LogP contribution in [0.15, 0.2) is 6.07 Å². The van der Waals surface area contributed by atoms with Gasteiger partial charge in [0.1, 0.15) is 5.54 Å². The van der Waals surface area contributed by atoms with E-state index in [1.807, 2.05) is 19.9 Å². The summed E-state index contributed by atoms with van der Waals surface area (Å²) in [6.07, 6.45) is 5.03. The molecule has 1 aliphatic carbocycles. The minimum atomic E-state index is -0.817. The van der Waals surface area contributed by atoms with Crippen LogP contribution in [0, 0.1) is 6.92 Å². The molecule has 3 rings (SSSR count). The summed E-state index contributed by atoms with van der Waals surface area (Å²) in [6, 6.07) is 1.29. The van der Waals surface area contributed by atoms with Gasteiger partial charge in [0.25, 0.3) is 11.8 Å². The standard InChI is InChI=1S/C16H21N3O3S/c1-3-11-9-12(23-10(11)2)13(20)18-19-14(21)16(17-15(19)22)7-5-4-6-8-16/h9H,3-8H2,1-2H3,(H,17,22)(H,18,20). The maximum atomic E-state index is 12.6. The number of hydrogen-bond donors (Lipinski definition) is 2. The molecule has 4 amide bonds. The van der Waals surface area contributed by atoms with E-state index in [9.17, 15) is 14.4 Å². The van der Waals surface area contributed by atoms with Crippen LogP contribution in [-0.2, 0) is 11.2 Å². The van der Waals surface area contributed by atoms with E-state index < -0.39 is 17.5 Å². The Morgan fingerprint density at radius 2 is 2.04 bits per heavy atom. The number of nitrogens with one attached hydrogen (secondary N) is 2. The zero-order valence-corrected chi connectivity index (χ0v) is 14.2. The number of imide groups is 1. The monoisotopic (exact) mass is 335 g/mol. The molecule has 1 aliphatic heterocycles. The number of aryl methyl sites for hydroxylation is 2. The highest BCUT2D eigenvalue weighted by atomic mass is 32.1. The summed E-state index contributed by atoms with van der Waals surface area (Å²) in [5.74, 6) is -0.742. The molecule has 2 aliphatic rings. The predicted molar refractivity (Wildman–Crippen MR) is 87.1 cm³/mol. The maximum absolute atomic E-state index is 12.6. The molecule has 1 aromatic heterocycles. The van der Waals surface area contributed by atoms with Crippen molar-refractivity contribution in [2.45, 2.75) is 57.9 Å². The molecular weight excluding hydrogens is 314 g/mol. The Hall–Kier alpha value is -1.89. The molecule has 1 saturated heterocycles. The fourth-order valence-electron chi connectivity index (χ4n) is 3.36. The van der Waals surface area contributed by atoms with E-state index in [2.05, 4.69) is 10.7 Å². The minimum absolute atomic E-state index is 0.334. The second-order valence-corrected chi connectivity index (χ2v) is 7.46. The summed E-state index contributed by atoms with van der Waals surface area (Å²) in [4.78, 5) is 38.7. The molecule has 7 heteroatoms. The van der Waals surface area contributed by atoms with Gasteiger partial charge < -0.3 is 5.32 Å². The van der Waals surface area contributed by atoms with E-state index in [4.69, 9.17) is 0 Å². The van der Waals surface area contributed by atoms with E-state index in [0.717, 1.165) is 41.1 Å². The molecular formula is C16H21N3O3S. The van der Waals surface area contributed by atoms with Gasteiger partial charge >= 0.3 is 6.03 Å². The van der Waals surface area contributed by atoms with Crippen molar-refractivity contribution < 1.29 is 14.4 Å². The van der Waals surface area contributed by atoms with E-state index >= 15 is 0 Å². The number of amides is 4. The molecule has 0 aromatic carbocycles. The average molecular weight is 335 g/mol. The summed E-state index contributed by atoms with van der Waals surface area (Å²) >= 11 is 1.38. The van der Waals surface area contributed by atoms with Crippen molar-refractivity contribution >= 4 is 29.2 Å². The first-order chi connectivity index (χ1) is 11.0. The SMILES string of the molecule is CCc1cc(C(=O)NN2C(=O)NC3(CCCCC3)C2=O)sc1C. The lowest BCUT2D eigenvalue weighted by atomic mass is 9.82. The summed E-state index contributed by atoms with van der Waals surface area (Å²) in [5.41, 5.74) is 2.77. The quantitative estimate of drug-likeness (QED) is 0.833. The second kappa shape index (κ2) is 5.96. The van der Waals surface area contributed by atoms with Crippen molar-refractivity contribution in [3.8, 4) is 0 Å². The van der Waals surface area contributed by atoms with Crippen LogP contribution < -0.4 is 10.7 Å². The highest BCUT2D eigenvalue weighted by molar-refractivity contribution is 7.14. The number of thiophene rings is 1. The number of carbonyl (C=O) groups excluding carboxylic acids is 3. The predicted octanol–water partition coefficient (Wildman–Crippen LogP) is 2.52. The summed E-state index contributed by atoms with van der Waals surface area (Å²) in [6.45, 7) is 3.99. The fraction of sp³-hybridized carbons (Fsp3) is 0.562. The number of rotatable bonds is 3. The third-order valence-corrected chi connectivity index (χ3v) is 5.80. The van der Waals surface area contributed by atoms with Crippen LogP contribution in [0.2, 0.25) is 0 Å². The fourth-order valence-corrected chi connectivity index (χ4v) is 4.36.